The molecule has 1 aliphatic rings. The molecule has 2 heterocycles. The van der Waals surface area contributed by atoms with Crippen LogP contribution < -0.4 is 10.2 Å². The van der Waals surface area contributed by atoms with Crippen LogP contribution in [0.25, 0.3) is 21.9 Å². The normalized spacial score (nSPS) is 14.2. The molecule has 4 aromatic rings. The van der Waals surface area contributed by atoms with Crippen LogP contribution in [0, 0.1) is 0 Å². The van der Waals surface area contributed by atoms with Crippen molar-refractivity contribution in [2.24, 2.45) is 0 Å². The SMILES string of the molecule is O=C(Nc1cccc(N2CCCCC2)c1)OCc1cccc2oc3cc(S)ccc3c12. The van der Waals surface area contributed by atoms with Crippen LogP contribution in [0.15, 0.2) is 70.0 Å². The standard InChI is InChI=1S/C25H24N2O3S/c28-25(26-18-7-5-8-19(14-18)27-12-2-1-3-13-27)29-16-17-6-4-9-22-24(17)21-11-10-20(31)15-23(21)30-22/h4-11,14-15,31H,1-3,12-13,16H2,(H,26,28). The van der Waals surface area contributed by atoms with Crippen molar-refractivity contribution >= 4 is 52.0 Å². The predicted molar refractivity (Wildman–Crippen MR) is 127 cm³/mol. The number of benzene rings is 3. The Labute approximate surface area is 186 Å². The van der Waals surface area contributed by atoms with Crippen molar-refractivity contribution in [2.45, 2.75) is 30.8 Å². The number of hydrogen-bond donors (Lipinski definition) is 2. The lowest BCUT2D eigenvalue weighted by molar-refractivity contribution is 0.155. The Bertz CT molecular complexity index is 1240. The van der Waals surface area contributed by atoms with E-state index >= 15 is 0 Å². The van der Waals surface area contributed by atoms with Crippen molar-refractivity contribution in [3.8, 4) is 0 Å². The highest BCUT2D eigenvalue weighted by atomic mass is 32.1. The molecule has 1 amide bonds. The smallest absolute Gasteiger partial charge is 0.411 e. The lowest BCUT2D eigenvalue weighted by Crippen LogP contribution is -2.29. The zero-order valence-electron chi connectivity index (χ0n) is 17.1. The highest BCUT2D eigenvalue weighted by Gasteiger charge is 2.14. The quantitative estimate of drug-likeness (QED) is 0.356. The first-order valence-corrected chi connectivity index (χ1v) is 11.0. The van der Waals surface area contributed by atoms with Crippen molar-refractivity contribution in [2.75, 3.05) is 23.3 Å². The number of piperidine rings is 1. The molecule has 3 aromatic carbocycles. The van der Waals surface area contributed by atoms with E-state index in [1.54, 1.807) is 0 Å². The van der Waals surface area contributed by atoms with Gasteiger partial charge in [0.2, 0.25) is 0 Å². The van der Waals surface area contributed by atoms with Crippen LogP contribution in [-0.2, 0) is 11.3 Å². The lowest BCUT2D eigenvalue weighted by Gasteiger charge is -2.29. The maximum Gasteiger partial charge on any atom is 0.411 e. The molecule has 0 bridgehead atoms. The summed E-state index contributed by atoms with van der Waals surface area (Å²) in [6.45, 7) is 2.28. The molecule has 0 aliphatic carbocycles. The van der Waals surface area contributed by atoms with Gasteiger partial charge in [-0.1, -0.05) is 18.2 Å². The van der Waals surface area contributed by atoms with Crippen LogP contribution in [0.2, 0.25) is 0 Å². The van der Waals surface area contributed by atoms with Gasteiger partial charge in [-0.15, -0.1) is 12.6 Å². The average molecular weight is 433 g/mol. The number of carbonyl (C=O) groups is 1. The van der Waals surface area contributed by atoms with Crippen LogP contribution in [0.1, 0.15) is 24.8 Å². The Morgan fingerprint density at radius 2 is 1.84 bits per heavy atom. The molecule has 0 unspecified atom stereocenters. The zero-order chi connectivity index (χ0) is 21.2. The number of nitrogens with zero attached hydrogens (tertiary/aromatic N) is 1. The third kappa shape index (κ3) is 4.21. The molecule has 0 saturated carbocycles. The van der Waals surface area contributed by atoms with E-state index in [0.717, 1.165) is 56.9 Å². The van der Waals surface area contributed by atoms with E-state index in [0.29, 0.717) is 0 Å². The molecule has 1 saturated heterocycles. The Morgan fingerprint density at radius 3 is 2.71 bits per heavy atom. The molecule has 1 aromatic heterocycles. The summed E-state index contributed by atoms with van der Waals surface area (Å²) < 4.78 is 11.5. The summed E-state index contributed by atoms with van der Waals surface area (Å²) in [5.74, 6) is 0. The minimum atomic E-state index is -0.474. The molecule has 0 atom stereocenters. The average Bonchev–Trinajstić information content (AvgIpc) is 3.16. The highest BCUT2D eigenvalue weighted by molar-refractivity contribution is 7.80. The van der Waals surface area contributed by atoms with Crippen LogP contribution in [-0.4, -0.2) is 19.2 Å². The molecule has 1 aliphatic heterocycles. The maximum absolute atomic E-state index is 12.5. The third-order valence-corrected chi connectivity index (χ3v) is 6.02. The van der Waals surface area contributed by atoms with E-state index in [4.69, 9.17) is 9.15 Å². The molecular weight excluding hydrogens is 408 g/mol. The molecule has 6 heteroatoms. The van der Waals surface area contributed by atoms with Crippen LogP contribution in [0.3, 0.4) is 0 Å². The topological polar surface area (TPSA) is 54.7 Å². The molecule has 5 rings (SSSR count). The van der Waals surface area contributed by atoms with E-state index < -0.39 is 6.09 Å². The second-order valence-corrected chi connectivity index (χ2v) is 8.39. The van der Waals surface area contributed by atoms with E-state index in [9.17, 15) is 4.79 Å². The number of hydrogen-bond acceptors (Lipinski definition) is 5. The Balaban J connectivity index is 1.30. The fourth-order valence-corrected chi connectivity index (χ4v) is 4.43. The first-order valence-electron chi connectivity index (χ1n) is 10.6. The Morgan fingerprint density at radius 1 is 1.00 bits per heavy atom. The minimum Gasteiger partial charge on any atom is -0.456 e. The first kappa shape index (κ1) is 19.8. The van der Waals surface area contributed by atoms with Gasteiger partial charge < -0.3 is 14.1 Å². The largest absolute Gasteiger partial charge is 0.456 e. The summed E-state index contributed by atoms with van der Waals surface area (Å²) in [4.78, 5) is 15.7. The number of amides is 1. The minimum absolute atomic E-state index is 0.159. The number of thiol groups is 1. The summed E-state index contributed by atoms with van der Waals surface area (Å²) >= 11 is 4.38. The van der Waals surface area contributed by atoms with Gasteiger partial charge in [-0.3, -0.25) is 5.32 Å². The number of ether oxygens (including phenoxy) is 1. The maximum atomic E-state index is 12.5. The fraction of sp³-hybridized carbons (Fsp3) is 0.240. The van der Waals surface area contributed by atoms with Crippen LogP contribution >= 0.6 is 12.6 Å². The predicted octanol–water partition coefficient (Wildman–Crippen LogP) is 6.61. The summed E-state index contributed by atoms with van der Waals surface area (Å²) in [5, 5.41) is 4.81. The number of nitrogens with one attached hydrogen (secondary N) is 1. The van der Waals surface area contributed by atoms with Crippen molar-refractivity contribution in [3.63, 3.8) is 0 Å². The molecule has 5 nitrogen and oxygen atoms in total. The van der Waals surface area contributed by atoms with Gasteiger partial charge in [-0.05, 0) is 61.7 Å². The third-order valence-electron chi connectivity index (χ3n) is 5.74. The van der Waals surface area contributed by atoms with Gasteiger partial charge in [0, 0.05) is 45.7 Å². The molecule has 0 radical (unpaired) electrons. The number of anilines is 2. The fourth-order valence-electron chi connectivity index (χ4n) is 4.24. The van der Waals surface area contributed by atoms with Gasteiger partial charge >= 0.3 is 6.09 Å². The molecule has 1 fully saturated rings. The highest BCUT2D eigenvalue weighted by Crippen LogP contribution is 2.33. The number of rotatable bonds is 4. The zero-order valence-corrected chi connectivity index (χ0v) is 18.0. The van der Waals surface area contributed by atoms with E-state index in [-0.39, 0.29) is 6.61 Å². The van der Waals surface area contributed by atoms with E-state index in [1.165, 1.54) is 19.3 Å². The Kier molecular flexibility index (Phi) is 5.47. The number of carbonyl (C=O) groups excluding carboxylic acids is 1. The second kappa shape index (κ2) is 8.55. The lowest BCUT2D eigenvalue weighted by atomic mass is 10.1. The van der Waals surface area contributed by atoms with Crippen LogP contribution in [0.4, 0.5) is 16.2 Å². The van der Waals surface area contributed by atoms with Gasteiger partial charge in [-0.2, -0.15) is 0 Å². The molecule has 158 valence electrons. The van der Waals surface area contributed by atoms with Crippen molar-refractivity contribution in [3.05, 3.63) is 66.2 Å². The molecule has 1 N–H and O–H groups in total. The first-order chi connectivity index (χ1) is 15.2. The van der Waals surface area contributed by atoms with Gasteiger partial charge in [0.25, 0.3) is 0 Å². The summed E-state index contributed by atoms with van der Waals surface area (Å²) in [5.41, 5.74) is 4.32. The van der Waals surface area contributed by atoms with Gasteiger partial charge in [0.1, 0.15) is 17.8 Å². The monoisotopic (exact) mass is 432 g/mol. The van der Waals surface area contributed by atoms with Crippen molar-refractivity contribution < 1.29 is 13.9 Å². The Hall–Kier alpha value is -3.12. The summed E-state index contributed by atoms with van der Waals surface area (Å²) in [6, 6.07) is 19.5. The van der Waals surface area contributed by atoms with Crippen molar-refractivity contribution in [1.29, 1.82) is 0 Å². The second-order valence-electron chi connectivity index (χ2n) is 7.87. The van der Waals surface area contributed by atoms with Gasteiger partial charge in [-0.25, -0.2) is 4.79 Å². The number of fused-ring (bicyclic) bond motifs is 3. The van der Waals surface area contributed by atoms with E-state index in [2.05, 4.69) is 28.9 Å². The molecular formula is C25H24N2O3S. The van der Waals surface area contributed by atoms with Crippen LogP contribution in [0.5, 0.6) is 0 Å². The molecule has 0 spiro atoms. The summed E-state index contributed by atoms with van der Waals surface area (Å²) in [6.07, 6.45) is 3.24. The van der Waals surface area contributed by atoms with Crippen molar-refractivity contribution in [1.82, 2.24) is 0 Å². The van der Waals surface area contributed by atoms with Gasteiger partial charge in [0.05, 0.1) is 0 Å². The van der Waals surface area contributed by atoms with E-state index in [1.807, 2.05) is 54.6 Å². The summed E-state index contributed by atoms with van der Waals surface area (Å²) in [7, 11) is 0. The van der Waals surface area contributed by atoms with Gasteiger partial charge in [0.15, 0.2) is 0 Å². The number of furan rings is 1. The molecule has 31 heavy (non-hydrogen) atoms.